The van der Waals surface area contributed by atoms with Crippen LogP contribution in [0, 0.1) is 52.9 Å². The van der Waals surface area contributed by atoms with Crippen LogP contribution in [-0.2, 0) is 0 Å². The van der Waals surface area contributed by atoms with E-state index in [0.29, 0.717) is 63.7 Å². The maximum Gasteiger partial charge on any atom is 0.163 e. The number of hydrogen-bond donors (Lipinski definition) is 0. The zero-order valence-electron chi connectivity index (χ0n) is 25.6. The summed E-state index contributed by atoms with van der Waals surface area (Å²) in [4.78, 5) is 40.7. The normalized spacial score (nSPS) is 11.3. The molecule has 0 spiro atoms. The van der Waals surface area contributed by atoms with E-state index in [1.54, 1.807) is 0 Å². The molecule has 7 aromatic rings. The van der Waals surface area contributed by atoms with Gasteiger partial charge in [0.25, 0.3) is 0 Å². The Morgan fingerprint density at radius 1 is 0.467 bits per heavy atom. The first-order valence-corrected chi connectivity index (χ1v) is 14.4. The van der Waals surface area contributed by atoms with Crippen LogP contribution in [0.15, 0.2) is 54.6 Å². The first-order valence-electron chi connectivity index (χ1n) is 14.4. The number of hydrogen-bond acceptors (Lipinski definition) is 10. The van der Waals surface area contributed by atoms with Crippen molar-refractivity contribution in [3.63, 3.8) is 0 Å². The standard InChI is InChI=1S/C34H27N11/c1-17-36-18(2)40-32(39-17)23-7-8-26(16-35)29(13-23)45-30-14-24(33-41-19(3)37-20(4)42-33)9-11-27(30)28-12-10-25(15-31(28)45)34-43-21(5)38-22(6)44-34/h7-15H,1-6H3. The summed E-state index contributed by atoms with van der Waals surface area (Å²) in [5.41, 5.74) is 5.39. The second kappa shape index (κ2) is 10.6. The molecule has 45 heavy (non-hydrogen) atoms. The number of benzene rings is 3. The van der Waals surface area contributed by atoms with Crippen molar-refractivity contribution in [3.8, 4) is 45.9 Å². The van der Waals surface area contributed by atoms with Gasteiger partial charge in [-0.25, -0.2) is 44.9 Å². The van der Waals surface area contributed by atoms with Crippen LogP contribution in [-0.4, -0.2) is 49.4 Å². The third-order valence-electron chi connectivity index (χ3n) is 7.48. The second-order valence-corrected chi connectivity index (χ2v) is 10.9. The van der Waals surface area contributed by atoms with Crippen molar-refractivity contribution < 1.29 is 0 Å². The second-order valence-electron chi connectivity index (χ2n) is 10.9. The predicted molar refractivity (Wildman–Crippen MR) is 170 cm³/mol. The molecular formula is C34H27N11. The molecule has 3 aromatic carbocycles. The Hall–Kier alpha value is -6.02. The molecule has 11 heteroatoms. The fourth-order valence-electron chi connectivity index (χ4n) is 5.74. The average molecular weight is 590 g/mol. The van der Waals surface area contributed by atoms with Crippen LogP contribution in [0.2, 0.25) is 0 Å². The van der Waals surface area contributed by atoms with E-state index >= 15 is 0 Å². The highest BCUT2D eigenvalue weighted by Gasteiger charge is 2.19. The van der Waals surface area contributed by atoms with Crippen LogP contribution >= 0.6 is 0 Å². The number of fused-ring (bicyclic) bond motifs is 3. The maximum absolute atomic E-state index is 10.3. The molecule has 0 amide bonds. The van der Waals surface area contributed by atoms with Crippen molar-refractivity contribution in [2.24, 2.45) is 0 Å². The highest BCUT2D eigenvalue weighted by molar-refractivity contribution is 6.11. The van der Waals surface area contributed by atoms with Crippen LogP contribution < -0.4 is 0 Å². The smallest absolute Gasteiger partial charge is 0.163 e. The van der Waals surface area contributed by atoms with E-state index in [9.17, 15) is 5.26 Å². The van der Waals surface area contributed by atoms with Gasteiger partial charge in [0, 0.05) is 27.5 Å². The molecule has 0 N–H and O–H groups in total. The summed E-state index contributed by atoms with van der Waals surface area (Å²) in [5, 5.41) is 12.4. The van der Waals surface area contributed by atoms with Crippen molar-refractivity contribution in [3.05, 3.63) is 95.1 Å². The molecule has 0 atom stereocenters. The highest BCUT2D eigenvalue weighted by atomic mass is 15.0. The van der Waals surface area contributed by atoms with Gasteiger partial charge in [-0.1, -0.05) is 24.3 Å². The summed E-state index contributed by atoms with van der Waals surface area (Å²) in [6.07, 6.45) is 0. The predicted octanol–water partition coefficient (Wildman–Crippen LogP) is 6.06. The number of nitrogens with zero attached hydrogens (tertiary/aromatic N) is 11. The fraction of sp³-hybridized carbons (Fsp3) is 0.176. The lowest BCUT2D eigenvalue weighted by Crippen LogP contribution is -2.02. The highest BCUT2D eigenvalue weighted by Crippen LogP contribution is 2.37. The van der Waals surface area contributed by atoms with E-state index in [-0.39, 0.29) is 0 Å². The van der Waals surface area contributed by atoms with Gasteiger partial charge in [-0.3, -0.25) is 0 Å². The maximum atomic E-state index is 10.3. The number of aryl methyl sites for hydroxylation is 6. The minimum atomic E-state index is 0.495. The number of rotatable bonds is 4. The van der Waals surface area contributed by atoms with Gasteiger partial charge in [0.2, 0.25) is 0 Å². The van der Waals surface area contributed by atoms with E-state index in [1.165, 1.54) is 0 Å². The van der Waals surface area contributed by atoms with Crippen LogP contribution in [0.3, 0.4) is 0 Å². The van der Waals surface area contributed by atoms with Gasteiger partial charge >= 0.3 is 0 Å². The van der Waals surface area contributed by atoms with E-state index < -0.39 is 0 Å². The molecule has 11 nitrogen and oxygen atoms in total. The molecule has 0 bridgehead atoms. The third kappa shape index (κ3) is 5.02. The molecule has 0 aliphatic heterocycles. The van der Waals surface area contributed by atoms with Crippen LogP contribution in [0.25, 0.3) is 61.7 Å². The van der Waals surface area contributed by atoms with E-state index in [2.05, 4.69) is 79.8 Å². The largest absolute Gasteiger partial charge is 0.308 e. The lowest BCUT2D eigenvalue weighted by Gasteiger charge is -2.13. The SMILES string of the molecule is Cc1nc(C)nc(-c2ccc(C#N)c(-n3c4cc(-c5nc(C)nc(C)n5)ccc4c4ccc(-c5nc(C)nc(C)n5)cc43)c2)n1. The van der Waals surface area contributed by atoms with Gasteiger partial charge in [-0.15, -0.1) is 0 Å². The number of aromatic nitrogens is 10. The van der Waals surface area contributed by atoms with Crippen molar-refractivity contribution in [1.29, 1.82) is 5.26 Å². The first kappa shape index (κ1) is 27.8. The van der Waals surface area contributed by atoms with Crippen LogP contribution in [0.1, 0.15) is 40.5 Å². The van der Waals surface area contributed by atoms with Crippen molar-refractivity contribution in [2.45, 2.75) is 41.5 Å². The van der Waals surface area contributed by atoms with Gasteiger partial charge in [0.1, 0.15) is 41.0 Å². The van der Waals surface area contributed by atoms with Crippen LogP contribution in [0.4, 0.5) is 0 Å². The topological polar surface area (TPSA) is 145 Å². The summed E-state index contributed by atoms with van der Waals surface area (Å²) < 4.78 is 2.10. The van der Waals surface area contributed by atoms with E-state index in [1.807, 2.05) is 71.9 Å². The van der Waals surface area contributed by atoms with Gasteiger partial charge in [0.05, 0.1) is 22.3 Å². The Kier molecular flexibility index (Phi) is 6.55. The Balaban J connectivity index is 1.56. The molecule has 0 saturated heterocycles. The lowest BCUT2D eigenvalue weighted by atomic mass is 10.1. The van der Waals surface area contributed by atoms with Gasteiger partial charge < -0.3 is 4.57 Å². The summed E-state index contributed by atoms with van der Waals surface area (Å²) in [5.74, 6) is 5.55. The Morgan fingerprint density at radius 3 is 1.20 bits per heavy atom. The molecule has 4 heterocycles. The Morgan fingerprint density at radius 2 is 0.822 bits per heavy atom. The molecule has 0 aliphatic rings. The number of nitriles is 1. The summed E-state index contributed by atoms with van der Waals surface area (Å²) >= 11 is 0. The van der Waals surface area contributed by atoms with Crippen LogP contribution in [0.5, 0.6) is 0 Å². The van der Waals surface area contributed by atoms with Crippen molar-refractivity contribution in [2.75, 3.05) is 0 Å². The quantitative estimate of drug-likeness (QED) is 0.237. The van der Waals surface area contributed by atoms with E-state index in [0.717, 1.165) is 38.5 Å². The fourth-order valence-corrected chi connectivity index (χ4v) is 5.74. The van der Waals surface area contributed by atoms with Crippen molar-refractivity contribution >= 4 is 21.8 Å². The van der Waals surface area contributed by atoms with Gasteiger partial charge in [0.15, 0.2) is 17.5 Å². The monoisotopic (exact) mass is 589 g/mol. The lowest BCUT2D eigenvalue weighted by molar-refractivity contribution is 0.928. The third-order valence-corrected chi connectivity index (χ3v) is 7.48. The molecule has 218 valence electrons. The molecule has 0 unspecified atom stereocenters. The zero-order valence-corrected chi connectivity index (χ0v) is 25.6. The molecule has 0 saturated carbocycles. The Labute approximate surface area is 258 Å². The average Bonchev–Trinajstić information content (AvgIpc) is 3.32. The summed E-state index contributed by atoms with van der Waals surface area (Å²) in [6, 6.07) is 20.3. The molecule has 0 aliphatic carbocycles. The van der Waals surface area contributed by atoms with Gasteiger partial charge in [-0.05, 0) is 71.9 Å². The zero-order chi connectivity index (χ0) is 31.4. The summed E-state index contributed by atoms with van der Waals surface area (Å²) in [7, 11) is 0. The minimum absolute atomic E-state index is 0.495. The molecule has 0 radical (unpaired) electrons. The van der Waals surface area contributed by atoms with Gasteiger partial charge in [-0.2, -0.15) is 5.26 Å². The van der Waals surface area contributed by atoms with Crippen molar-refractivity contribution in [1.82, 2.24) is 49.4 Å². The van der Waals surface area contributed by atoms with E-state index in [4.69, 9.17) is 0 Å². The Bertz CT molecular complexity index is 2200. The minimum Gasteiger partial charge on any atom is -0.308 e. The summed E-state index contributed by atoms with van der Waals surface area (Å²) in [6.45, 7) is 11.1. The molecular weight excluding hydrogens is 562 g/mol. The first-order chi connectivity index (χ1) is 21.7. The molecule has 7 rings (SSSR count). The molecule has 4 aromatic heterocycles. The molecule has 0 fully saturated rings.